The molecule has 0 N–H and O–H groups in total. The Kier molecular flexibility index (Phi) is 7.17. The molecule has 0 aliphatic heterocycles. The Hall–Kier alpha value is -7.36. The van der Waals surface area contributed by atoms with Crippen molar-refractivity contribution in [1.29, 1.82) is 0 Å². The summed E-state index contributed by atoms with van der Waals surface area (Å²) in [5.74, 6) is 0.696. The summed E-state index contributed by atoms with van der Waals surface area (Å²) in [5, 5.41) is 9.59. The lowest BCUT2D eigenvalue weighted by Gasteiger charge is -2.19. The van der Waals surface area contributed by atoms with Crippen molar-refractivity contribution in [2.75, 3.05) is 0 Å². The molecular formula is C52H33N3. The summed E-state index contributed by atoms with van der Waals surface area (Å²) in [6.07, 6.45) is 0. The van der Waals surface area contributed by atoms with Gasteiger partial charge in [0.1, 0.15) is 0 Å². The van der Waals surface area contributed by atoms with E-state index in [1.165, 1.54) is 54.3 Å². The van der Waals surface area contributed by atoms with Crippen molar-refractivity contribution in [1.82, 2.24) is 14.5 Å². The number of hydrogen-bond acceptors (Lipinski definition) is 2. The quantitative estimate of drug-likeness (QED) is 0.132. The monoisotopic (exact) mass is 699 g/mol. The maximum Gasteiger partial charge on any atom is 0.160 e. The molecule has 256 valence electrons. The van der Waals surface area contributed by atoms with Gasteiger partial charge < -0.3 is 4.57 Å². The molecule has 0 aliphatic carbocycles. The molecule has 0 aliphatic rings. The molecular weight excluding hydrogens is 667 g/mol. The molecule has 0 fully saturated rings. The fourth-order valence-corrected chi connectivity index (χ4v) is 8.55. The van der Waals surface area contributed by atoms with Gasteiger partial charge in [0.2, 0.25) is 0 Å². The Labute approximate surface area is 318 Å². The lowest BCUT2D eigenvalue weighted by Crippen LogP contribution is -1.99. The van der Waals surface area contributed by atoms with Crippen LogP contribution in [-0.4, -0.2) is 14.5 Å². The van der Waals surface area contributed by atoms with Gasteiger partial charge in [-0.1, -0.05) is 170 Å². The highest BCUT2D eigenvalue weighted by Crippen LogP contribution is 2.46. The van der Waals surface area contributed by atoms with Crippen molar-refractivity contribution in [3.05, 3.63) is 200 Å². The molecule has 9 aromatic carbocycles. The first-order chi connectivity index (χ1) is 27.3. The first-order valence-corrected chi connectivity index (χ1v) is 18.8. The minimum absolute atomic E-state index is 0.696. The fourth-order valence-electron chi connectivity index (χ4n) is 8.55. The van der Waals surface area contributed by atoms with Crippen LogP contribution in [0.25, 0.3) is 105 Å². The van der Waals surface area contributed by atoms with E-state index in [9.17, 15) is 0 Å². The molecule has 3 heteroatoms. The number of aromatic nitrogens is 3. The second-order valence-electron chi connectivity index (χ2n) is 14.1. The average Bonchev–Trinajstić information content (AvgIpc) is 3.60. The van der Waals surface area contributed by atoms with Crippen molar-refractivity contribution in [3.63, 3.8) is 0 Å². The lowest BCUT2D eigenvalue weighted by atomic mass is 9.85. The van der Waals surface area contributed by atoms with Crippen LogP contribution in [0.1, 0.15) is 0 Å². The van der Waals surface area contributed by atoms with Crippen LogP contribution in [0.4, 0.5) is 0 Å². The van der Waals surface area contributed by atoms with E-state index < -0.39 is 0 Å². The molecule has 11 rings (SSSR count). The van der Waals surface area contributed by atoms with Crippen molar-refractivity contribution >= 4 is 54.1 Å². The van der Waals surface area contributed by atoms with Gasteiger partial charge in [-0.25, -0.2) is 9.97 Å². The van der Waals surface area contributed by atoms with Crippen LogP contribution in [0.15, 0.2) is 200 Å². The zero-order valence-corrected chi connectivity index (χ0v) is 29.9. The summed E-state index contributed by atoms with van der Waals surface area (Å²) in [7, 11) is 0. The van der Waals surface area contributed by atoms with Crippen molar-refractivity contribution in [2.45, 2.75) is 0 Å². The molecule has 11 aromatic rings. The number of hydrogen-bond donors (Lipinski definition) is 0. The SMILES string of the molecule is c1ccc(-c2nc(-c3ccc4c5ccccc5n(-c5ccccc5)c4c3)cc(-c3c4ccccc4c(-c4ccccc4)c4ccc5ccccc5c34)n2)cc1. The van der Waals surface area contributed by atoms with E-state index in [1.54, 1.807) is 0 Å². The smallest absolute Gasteiger partial charge is 0.160 e. The Morgan fingerprint density at radius 2 is 0.891 bits per heavy atom. The number of fused-ring (bicyclic) bond motifs is 7. The van der Waals surface area contributed by atoms with Crippen LogP contribution in [0.2, 0.25) is 0 Å². The fraction of sp³-hybridized carbons (Fsp3) is 0. The number of para-hydroxylation sites is 2. The Morgan fingerprint density at radius 1 is 0.327 bits per heavy atom. The Bertz CT molecular complexity index is 3240. The van der Waals surface area contributed by atoms with Gasteiger partial charge in [0.15, 0.2) is 5.82 Å². The zero-order chi connectivity index (χ0) is 36.3. The molecule has 3 nitrogen and oxygen atoms in total. The molecule has 0 radical (unpaired) electrons. The maximum absolute atomic E-state index is 5.45. The molecule has 0 saturated heterocycles. The summed E-state index contributed by atoms with van der Waals surface area (Å²) in [5.41, 5.74) is 10.8. The van der Waals surface area contributed by atoms with Gasteiger partial charge in [-0.3, -0.25) is 0 Å². The van der Waals surface area contributed by atoms with E-state index in [1.807, 2.05) is 6.07 Å². The second-order valence-corrected chi connectivity index (χ2v) is 14.1. The third-order valence-electron chi connectivity index (χ3n) is 11.0. The van der Waals surface area contributed by atoms with E-state index >= 15 is 0 Å². The molecule has 0 atom stereocenters. The third kappa shape index (κ3) is 5.05. The second kappa shape index (κ2) is 12.6. The van der Waals surface area contributed by atoms with Gasteiger partial charge in [-0.05, 0) is 68.4 Å². The summed E-state index contributed by atoms with van der Waals surface area (Å²) in [4.78, 5) is 10.8. The number of rotatable bonds is 5. The standard InChI is InChI=1S/C52H33N3/c1-4-17-35(18-5-1)49-42-25-12-13-26-43(42)51(50-39-23-11-10-16-34(39)28-31-44(49)50)46-33-45(53-52(54-46)36-19-6-2-7-20-36)37-29-30-41-40-24-14-15-27-47(40)55(48(41)32-37)38-21-8-3-9-22-38/h1-33H. The molecule has 0 bridgehead atoms. The Morgan fingerprint density at radius 3 is 1.65 bits per heavy atom. The van der Waals surface area contributed by atoms with Crippen molar-refractivity contribution in [3.8, 4) is 50.7 Å². The van der Waals surface area contributed by atoms with E-state index in [4.69, 9.17) is 9.97 Å². The lowest BCUT2D eigenvalue weighted by molar-refractivity contribution is 1.17. The topological polar surface area (TPSA) is 30.7 Å². The number of benzene rings is 9. The highest BCUT2D eigenvalue weighted by Gasteiger charge is 2.22. The van der Waals surface area contributed by atoms with E-state index in [2.05, 4.69) is 199 Å². The predicted molar refractivity (Wildman–Crippen MR) is 231 cm³/mol. The molecule has 0 amide bonds. The third-order valence-corrected chi connectivity index (χ3v) is 11.0. The minimum atomic E-state index is 0.696. The summed E-state index contributed by atoms with van der Waals surface area (Å²) >= 11 is 0. The normalized spacial score (nSPS) is 11.6. The van der Waals surface area contributed by atoms with Crippen LogP contribution in [0, 0.1) is 0 Å². The van der Waals surface area contributed by atoms with E-state index in [0.717, 1.165) is 44.7 Å². The maximum atomic E-state index is 5.45. The van der Waals surface area contributed by atoms with Gasteiger partial charge in [0, 0.05) is 38.5 Å². The van der Waals surface area contributed by atoms with Gasteiger partial charge >= 0.3 is 0 Å². The zero-order valence-electron chi connectivity index (χ0n) is 29.9. The molecule has 2 heterocycles. The first kappa shape index (κ1) is 31.2. The molecule has 0 saturated carbocycles. The molecule has 55 heavy (non-hydrogen) atoms. The van der Waals surface area contributed by atoms with Crippen molar-refractivity contribution < 1.29 is 0 Å². The van der Waals surface area contributed by atoms with Gasteiger partial charge in [-0.2, -0.15) is 0 Å². The molecule has 0 spiro atoms. The molecule has 2 aromatic heterocycles. The highest BCUT2D eigenvalue weighted by atomic mass is 15.0. The van der Waals surface area contributed by atoms with Crippen LogP contribution in [0.3, 0.4) is 0 Å². The predicted octanol–water partition coefficient (Wildman–Crippen LogP) is 13.7. The van der Waals surface area contributed by atoms with Crippen LogP contribution < -0.4 is 0 Å². The van der Waals surface area contributed by atoms with Crippen LogP contribution >= 0.6 is 0 Å². The van der Waals surface area contributed by atoms with Crippen LogP contribution in [0.5, 0.6) is 0 Å². The van der Waals surface area contributed by atoms with E-state index in [-0.39, 0.29) is 0 Å². The van der Waals surface area contributed by atoms with Crippen molar-refractivity contribution in [2.24, 2.45) is 0 Å². The first-order valence-electron chi connectivity index (χ1n) is 18.8. The Balaban J connectivity index is 1.25. The van der Waals surface area contributed by atoms with Gasteiger partial charge in [-0.15, -0.1) is 0 Å². The van der Waals surface area contributed by atoms with Crippen LogP contribution in [-0.2, 0) is 0 Å². The minimum Gasteiger partial charge on any atom is -0.309 e. The summed E-state index contributed by atoms with van der Waals surface area (Å²) in [6, 6.07) is 71.5. The molecule has 0 unspecified atom stereocenters. The number of nitrogens with zero attached hydrogens (tertiary/aromatic N) is 3. The summed E-state index contributed by atoms with van der Waals surface area (Å²) < 4.78 is 2.36. The summed E-state index contributed by atoms with van der Waals surface area (Å²) in [6.45, 7) is 0. The highest BCUT2D eigenvalue weighted by molar-refractivity contribution is 6.27. The average molecular weight is 700 g/mol. The largest absolute Gasteiger partial charge is 0.309 e. The van der Waals surface area contributed by atoms with E-state index in [0.29, 0.717) is 5.82 Å². The van der Waals surface area contributed by atoms with Gasteiger partial charge in [0.05, 0.1) is 22.4 Å². The van der Waals surface area contributed by atoms with Gasteiger partial charge in [0.25, 0.3) is 0 Å².